The number of piperazine rings is 1. The van der Waals surface area contributed by atoms with E-state index >= 15 is 0 Å². The minimum Gasteiger partial charge on any atom is -0.369 e. The number of pyridine rings is 1. The zero-order chi connectivity index (χ0) is 19.9. The number of amides is 1. The lowest BCUT2D eigenvalue weighted by Gasteiger charge is -2.36. The molecule has 1 amide bonds. The van der Waals surface area contributed by atoms with Crippen LogP contribution in [0.5, 0.6) is 0 Å². The van der Waals surface area contributed by atoms with E-state index in [1.807, 2.05) is 18.2 Å². The molecule has 1 fully saturated rings. The van der Waals surface area contributed by atoms with E-state index < -0.39 is 10.5 Å². The number of carbonyl (C=O) groups excluding carboxylic acids is 1. The summed E-state index contributed by atoms with van der Waals surface area (Å²) in [5.74, 6) is -0.342. The van der Waals surface area contributed by atoms with Gasteiger partial charge >= 0.3 is 0 Å². The van der Waals surface area contributed by atoms with Crippen molar-refractivity contribution in [3.05, 3.63) is 69.1 Å². The third-order valence-electron chi connectivity index (χ3n) is 4.74. The monoisotopic (exact) mass is 385 g/mol. The van der Waals surface area contributed by atoms with E-state index in [0.717, 1.165) is 55.6 Å². The summed E-state index contributed by atoms with van der Waals surface area (Å²) in [6, 6.07) is 12.5. The molecule has 2 aromatic rings. The van der Waals surface area contributed by atoms with Crippen LogP contribution >= 0.6 is 0 Å². The highest BCUT2D eigenvalue weighted by molar-refractivity contribution is 5.75. The Morgan fingerprint density at radius 3 is 2.46 bits per heavy atom. The Kier molecular flexibility index (Phi) is 6.38. The van der Waals surface area contributed by atoms with E-state index in [9.17, 15) is 19.7 Å². The molecule has 28 heavy (non-hydrogen) atoms. The van der Waals surface area contributed by atoms with Crippen LogP contribution in [0.4, 0.5) is 11.4 Å². The Morgan fingerprint density at radius 1 is 1.07 bits per heavy atom. The summed E-state index contributed by atoms with van der Waals surface area (Å²) in [5, 5.41) is 13.6. The smallest absolute Gasteiger partial charge is 0.285 e. The molecule has 1 aliphatic rings. The molecule has 0 radical (unpaired) electrons. The first-order valence-corrected chi connectivity index (χ1v) is 9.17. The number of anilines is 1. The summed E-state index contributed by atoms with van der Waals surface area (Å²) in [6.07, 6.45) is 1.09. The number of benzene rings is 1. The maximum absolute atomic E-state index is 12.1. The summed E-state index contributed by atoms with van der Waals surface area (Å²) in [7, 11) is 0. The summed E-state index contributed by atoms with van der Waals surface area (Å²) < 4.78 is 1.05. The highest BCUT2D eigenvalue weighted by Gasteiger charge is 2.17. The Balaban J connectivity index is 1.41. The van der Waals surface area contributed by atoms with Crippen molar-refractivity contribution in [3.63, 3.8) is 0 Å². The average Bonchev–Trinajstić information content (AvgIpc) is 2.70. The third kappa shape index (κ3) is 5.17. The van der Waals surface area contributed by atoms with Gasteiger partial charge in [-0.3, -0.25) is 29.2 Å². The van der Waals surface area contributed by atoms with Crippen LogP contribution in [0.15, 0.2) is 53.5 Å². The Labute approximate surface area is 162 Å². The first kappa shape index (κ1) is 19.6. The lowest BCUT2D eigenvalue weighted by Crippen LogP contribution is -2.48. The molecule has 0 unspecified atom stereocenters. The van der Waals surface area contributed by atoms with Crippen molar-refractivity contribution in [1.82, 2.24) is 14.8 Å². The predicted octanol–water partition coefficient (Wildman–Crippen LogP) is 0.695. The number of nitro groups is 1. The van der Waals surface area contributed by atoms with Crippen molar-refractivity contribution in [1.29, 1.82) is 0 Å². The van der Waals surface area contributed by atoms with Gasteiger partial charge in [0, 0.05) is 57.1 Å². The molecule has 1 aromatic heterocycles. The molecule has 3 rings (SSSR count). The van der Waals surface area contributed by atoms with Crippen molar-refractivity contribution in [2.24, 2.45) is 0 Å². The first-order chi connectivity index (χ1) is 13.5. The lowest BCUT2D eigenvalue weighted by molar-refractivity contribution is -0.385. The maximum atomic E-state index is 12.1. The van der Waals surface area contributed by atoms with E-state index in [-0.39, 0.29) is 18.1 Å². The SMILES string of the molecule is O=C(Cn1cc([N+](=O)[O-])ccc1=O)NCCN1CCN(c2ccccc2)CC1. The second-order valence-corrected chi connectivity index (χ2v) is 6.62. The molecule has 1 aromatic carbocycles. The number of nitrogens with zero attached hydrogens (tertiary/aromatic N) is 4. The van der Waals surface area contributed by atoms with Gasteiger partial charge in [-0.25, -0.2) is 0 Å². The highest BCUT2D eigenvalue weighted by Crippen LogP contribution is 2.15. The van der Waals surface area contributed by atoms with Crippen molar-refractivity contribution in [3.8, 4) is 0 Å². The highest BCUT2D eigenvalue weighted by atomic mass is 16.6. The molecule has 1 aliphatic heterocycles. The maximum Gasteiger partial charge on any atom is 0.285 e. The van der Waals surface area contributed by atoms with E-state index in [0.29, 0.717) is 6.54 Å². The van der Waals surface area contributed by atoms with Gasteiger partial charge < -0.3 is 10.2 Å². The number of aromatic nitrogens is 1. The van der Waals surface area contributed by atoms with Gasteiger partial charge in [-0.1, -0.05) is 18.2 Å². The van der Waals surface area contributed by atoms with Crippen molar-refractivity contribution >= 4 is 17.3 Å². The molecule has 9 nitrogen and oxygen atoms in total. The minimum absolute atomic E-state index is 0.219. The zero-order valence-electron chi connectivity index (χ0n) is 15.5. The second-order valence-electron chi connectivity index (χ2n) is 6.62. The third-order valence-corrected chi connectivity index (χ3v) is 4.74. The average molecular weight is 385 g/mol. The molecule has 0 atom stereocenters. The Morgan fingerprint density at radius 2 is 1.79 bits per heavy atom. The van der Waals surface area contributed by atoms with Gasteiger partial charge in [0.2, 0.25) is 5.91 Å². The summed E-state index contributed by atoms with van der Waals surface area (Å²) in [4.78, 5) is 38.6. The minimum atomic E-state index is -0.594. The van der Waals surface area contributed by atoms with Crippen molar-refractivity contribution < 1.29 is 9.72 Å². The van der Waals surface area contributed by atoms with Gasteiger partial charge in [0.25, 0.3) is 11.2 Å². The molecule has 1 saturated heterocycles. The first-order valence-electron chi connectivity index (χ1n) is 9.17. The van der Waals surface area contributed by atoms with Crippen molar-refractivity contribution in [2.45, 2.75) is 6.54 Å². The summed E-state index contributed by atoms with van der Waals surface area (Å²) >= 11 is 0. The number of hydrogen-bond acceptors (Lipinski definition) is 6. The van der Waals surface area contributed by atoms with Crippen molar-refractivity contribution in [2.75, 3.05) is 44.2 Å². The van der Waals surface area contributed by atoms with Crippen LogP contribution < -0.4 is 15.8 Å². The quantitative estimate of drug-likeness (QED) is 0.556. The van der Waals surface area contributed by atoms with Gasteiger partial charge in [0.1, 0.15) is 6.54 Å². The fourth-order valence-electron chi connectivity index (χ4n) is 3.18. The van der Waals surface area contributed by atoms with E-state index in [1.165, 1.54) is 5.69 Å². The van der Waals surface area contributed by atoms with Crippen LogP contribution in [0.2, 0.25) is 0 Å². The molecule has 9 heteroatoms. The van der Waals surface area contributed by atoms with Gasteiger partial charge in [-0.05, 0) is 12.1 Å². The molecule has 2 heterocycles. The second kappa shape index (κ2) is 9.14. The molecule has 0 saturated carbocycles. The fourth-order valence-corrected chi connectivity index (χ4v) is 3.18. The van der Waals surface area contributed by atoms with Crippen LogP contribution in [0, 0.1) is 10.1 Å². The van der Waals surface area contributed by atoms with Gasteiger partial charge in [0.05, 0.1) is 11.1 Å². The topological polar surface area (TPSA) is 101 Å². The molecule has 0 bridgehead atoms. The number of para-hydroxylation sites is 1. The molecular formula is C19H23N5O4. The standard InChI is InChI=1S/C19H23N5O4/c25-18(15-23-14-17(24(27)28)6-7-19(23)26)20-8-9-21-10-12-22(13-11-21)16-4-2-1-3-5-16/h1-7,14H,8-13,15H2,(H,20,25). The number of hydrogen-bond donors (Lipinski definition) is 1. The zero-order valence-corrected chi connectivity index (χ0v) is 15.5. The summed E-state index contributed by atoms with van der Waals surface area (Å²) in [6.45, 7) is 4.64. The summed E-state index contributed by atoms with van der Waals surface area (Å²) in [5.41, 5.74) is 0.555. The molecule has 0 spiro atoms. The van der Waals surface area contributed by atoms with E-state index in [2.05, 4.69) is 27.2 Å². The van der Waals surface area contributed by atoms with Crippen LogP contribution in [0.1, 0.15) is 0 Å². The molecular weight excluding hydrogens is 362 g/mol. The Hall–Kier alpha value is -3.20. The largest absolute Gasteiger partial charge is 0.369 e. The van der Waals surface area contributed by atoms with Gasteiger partial charge in [-0.2, -0.15) is 0 Å². The lowest BCUT2D eigenvalue weighted by atomic mass is 10.2. The number of carbonyl (C=O) groups is 1. The van der Waals surface area contributed by atoms with Crippen LogP contribution in [-0.4, -0.2) is 59.6 Å². The van der Waals surface area contributed by atoms with E-state index in [4.69, 9.17) is 0 Å². The molecule has 1 N–H and O–H groups in total. The number of rotatable bonds is 7. The number of nitrogens with one attached hydrogen (secondary N) is 1. The normalized spacial score (nSPS) is 14.6. The van der Waals surface area contributed by atoms with Crippen LogP contribution in [0.25, 0.3) is 0 Å². The van der Waals surface area contributed by atoms with E-state index in [1.54, 1.807) is 0 Å². The van der Waals surface area contributed by atoms with Gasteiger partial charge in [0.15, 0.2) is 0 Å². The molecule has 148 valence electrons. The fraction of sp³-hybridized carbons (Fsp3) is 0.368. The molecule has 0 aliphatic carbocycles. The Bertz CT molecular complexity index is 875. The van der Waals surface area contributed by atoms with Crippen LogP contribution in [0.3, 0.4) is 0 Å². The van der Waals surface area contributed by atoms with Crippen LogP contribution in [-0.2, 0) is 11.3 Å². The predicted molar refractivity (Wildman–Crippen MR) is 105 cm³/mol. The van der Waals surface area contributed by atoms with Gasteiger partial charge in [-0.15, -0.1) is 0 Å².